The minimum absolute atomic E-state index is 0.305. The number of hydrogen-bond donors (Lipinski definition) is 1. The number of nitrogens with zero attached hydrogens (tertiary/aromatic N) is 1. The Labute approximate surface area is 136 Å². The summed E-state index contributed by atoms with van der Waals surface area (Å²) in [6.07, 6.45) is 2.41. The van der Waals surface area contributed by atoms with Crippen molar-refractivity contribution in [1.29, 1.82) is 0 Å². The minimum atomic E-state index is 0.305. The van der Waals surface area contributed by atoms with Crippen molar-refractivity contribution in [3.63, 3.8) is 0 Å². The number of piperazine rings is 1. The Morgan fingerprint density at radius 2 is 2.10 bits per heavy atom. The second-order valence-electron chi connectivity index (χ2n) is 6.29. The molecule has 0 aliphatic carbocycles. The number of halogens is 1. The van der Waals surface area contributed by atoms with Crippen molar-refractivity contribution in [2.24, 2.45) is 5.92 Å². The van der Waals surface area contributed by atoms with Crippen LogP contribution in [0, 0.1) is 5.92 Å². The largest absolute Gasteiger partial charge is 0.308 e. The molecule has 20 heavy (non-hydrogen) atoms. The van der Waals surface area contributed by atoms with Crippen molar-refractivity contribution < 1.29 is 0 Å². The summed E-state index contributed by atoms with van der Waals surface area (Å²) in [7, 11) is 0. The minimum Gasteiger partial charge on any atom is -0.308 e. The second kappa shape index (κ2) is 6.91. The lowest BCUT2D eigenvalue weighted by Crippen LogP contribution is -2.64. The first-order valence-electron chi connectivity index (χ1n) is 7.73. The van der Waals surface area contributed by atoms with E-state index >= 15 is 0 Å². The summed E-state index contributed by atoms with van der Waals surface area (Å²) >= 11 is 5.44. The summed E-state index contributed by atoms with van der Waals surface area (Å²) in [5.41, 5.74) is 0.305. The van der Waals surface area contributed by atoms with E-state index in [0.29, 0.717) is 17.5 Å². The predicted molar refractivity (Wildman–Crippen MR) is 92.4 cm³/mol. The third-order valence-corrected chi connectivity index (χ3v) is 6.38. The highest BCUT2D eigenvalue weighted by Gasteiger charge is 2.37. The Morgan fingerprint density at radius 3 is 2.60 bits per heavy atom. The summed E-state index contributed by atoms with van der Waals surface area (Å²) in [6, 6.07) is 5.06. The third-order valence-electron chi connectivity index (χ3n) is 4.77. The van der Waals surface area contributed by atoms with Crippen LogP contribution in [0.4, 0.5) is 0 Å². The van der Waals surface area contributed by atoms with Crippen LogP contribution in [0.25, 0.3) is 0 Å². The fourth-order valence-corrected chi connectivity index (χ4v) is 4.71. The van der Waals surface area contributed by atoms with Gasteiger partial charge in [-0.25, -0.2) is 0 Å². The monoisotopic (exact) mass is 358 g/mol. The molecule has 1 aromatic rings. The van der Waals surface area contributed by atoms with E-state index in [1.807, 2.05) is 11.3 Å². The molecule has 1 atom stereocenters. The van der Waals surface area contributed by atoms with Gasteiger partial charge in [-0.3, -0.25) is 4.90 Å². The van der Waals surface area contributed by atoms with Crippen molar-refractivity contribution in [3.05, 3.63) is 20.8 Å². The van der Waals surface area contributed by atoms with Gasteiger partial charge in [-0.1, -0.05) is 27.7 Å². The van der Waals surface area contributed by atoms with Crippen molar-refractivity contribution >= 4 is 27.3 Å². The van der Waals surface area contributed by atoms with E-state index in [1.54, 1.807) is 0 Å². The lowest BCUT2D eigenvalue weighted by Gasteiger charge is -2.48. The van der Waals surface area contributed by atoms with E-state index < -0.39 is 0 Å². The van der Waals surface area contributed by atoms with Crippen LogP contribution < -0.4 is 5.32 Å². The Morgan fingerprint density at radius 1 is 1.40 bits per heavy atom. The highest BCUT2D eigenvalue weighted by molar-refractivity contribution is 9.11. The van der Waals surface area contributed by atoms with Gasteiger partial charge in [0.15, 0.2) is 0 Å². The molecule has 1 aliphatic rings. The van der Waals surface area contributed by atoms with Crippen LogP contribution in [-0.4, -0.2) is 29.6 Å². The van der Waals surface area contributed by atoms with Gasteiger partial charge in [0.25, 0.3) is 0 Å². The Hall–Kier alpha value is 0.1000. The average molecular weight is 359 g/mol. The Balaban J connectivity index is 2.14. The fraction of sp³-hybridized carbons (Fsp3) is 0.750. The molecule has 0 spiro atoms. The molecule has 2 nitrogen and oxygen atoms in total. The molecule has 114 valence electrons. The average Bonchev–Trinajstić information content (AvgIpc) is 2.83. The Kier molecular flexibility index (Phi) is 5.69. The summed E-state index contributed by atoms with van der Waals surface area (Å²) in [5, 5.41) is 3.84. The van der Waals surface area contributed by atoms with Crippen molar-refractivity contribution in [2.45, 2.75) is 58.7 Å². The number of thiophene rings is 1. The second-order valence-corrected chi connectivity index (χ2v) is 8.84. The van der Waals surface area contributed by atoms with Gasteiger partial charge in [0, 0.05) is 36.1 Å². The van der Waals surface area contributed by atoms with Crippen LogP contribution >= 0.6 is 27.3 Å². The molecule has 0 aromatic carbocycles. The van der Waals surface area contributed by atoms with Crippen LogP contribution in [0.3, 0.4) is 0 Å². The molecule has 2 rings (SSSR count). The van der Waals surface area contributed by atoms with Crippen molar-refractivity contribution in [2.75, 3.05) is 13.1 Å². The van der Waals surface area contributed by atoms with E-state index in [9.17, 15) is 0 Å². The standard InChI is InChI=1S/C16H27BrN2S/c1-5-16(6-2)11-19(14(9-18-16)12(3)4)10-13-7-8-15(17)20-13/h7-8,12,14,18H,5-6,9-11H2,1-4H3. The summed E-state index contributed by atoms with van der Waals surface area (Å²) < 4.78 is 1.24. The molecule has 1 aromatic heterocycles. The Bertz CT molecular complexity index is 426. The zero-order chi connectivity index (χ0) is 14.8. The van der Waals surface area contributed by atoms with E-state index in [1.165, 1.54) is 28.0 Å². The molecule has 1 N–H and O–H groups in total. The van der Waals surface area contributed by atoms with Gasteiger partial charge in [0.1, 0.15) is 0 Å². The molecule has 1 saturated heterocycles. The predicted octanol–water partition coefficient (Wildman–Crippen LogP) is 4.50. The van der Waals surface area contributed by atoms with Crippen LogP contribution in [0.2, 0.25) is 0 Å². The maximum atomic E-state index is 3.84. The van der Waals surface area contributed by atoms with Gasteiger partial charge in [-0.15, -0.1) is 11.3 Å². The van der Waals surface area contributed by atoms with Gasteiger partial charge >= 0.3 is 0 Å². The fourth-order valence-electron chi connectivity index (χ4n) is 3.20. The number of hydrogen-bond acceptors (Lipinski definition) is 3. The smallest absolute Gasteiger partial charge is 0.0701 e. The lowest BCUT2D eigenvalue weighted by molar-refractivity contribution is 0.0451. The SMILES string of the molecule is CCC1(CC)CN(Cc2ccc(Br)s2)C(C(C)C)CN1. The molecule has 2 heterocycles. The van der Waals surface area contributed by atoms with E-state index in [-0.39, 0.29) is 0 Å². The molecule has 0 saturated carbocycles. The molecule has 0 radical (unpaired) electrons. The molecular weight excluding hydrogens is 332 g/mol. The zero-order valence-electron chi connectivity index (χ0n) is 13.1. The zero-order valence-corrected chi connectivity index (χ0v) is 15.5. The maximum absolute atomic E-state index is 3.84. The van der Waals surface area contributed by atoms with E-state index in [0.717, 1.165) is 13.1 Å². The highest BCUT2D eigenvalue weighted by Crippen LogP contribution is 2.29. The van der Waals surface area contributed by atoms with Crippen LogP contribution in [0.15, 0.2) is 15.9 Å². The summed E-state index contributed by atoms with van der Waals surface area (Å²) in [4.78, 5) is 4.16. The van der Waals surface area contributed by atoms with Gasteiger partial charge in [0.2, 0.25) is 0 Å². The number of nitrogens with one attached hydrogen (secondary N) is 1. The first kappa shape index (κ1) is 16.5. The molecular formula is C16H27BrN2S. The van der Waals surface area contributed by atoms with Crippen LogP contribution in [0.5, 0.6) is 0 Å². The molecule has 1 aliphatic heterocycles. The van der Waals surface area contributed by atoms with Crippen molar-refractivity contribution in [1.82, 2.24) is 10.2 Å². The molecule has 1 unspecified atom stereocenters. The normalized spacial score (nSPS) is 23.4. The first-order chi connectivity index (χ1) is 9.49. The van der Waals surface area contributed by atoms with Crippen molar-refractivity contribution in [3.8, 4) is 0 Å². The van der Waals surface area contributed by atoms with E-state index in [2.05, 4.69) is 66.0 Å². The third kappa shape index (κ3) is 3.65. The van der Waals surface area contributed by atoms with Gasteiger partial charge in [0.05, 0.1) is 3.79 Å². The summed E-state index contributed by atoms with van der Waals surface area (Å²) in [5.74, 6) is 0.692. The molecule has 1 fully saturated rings. The lowest BCUT2D eigenvalue weighted by atomic mass is 9.86. The maximum Gasteiger partial charge on any atom is 0.0701 e. The molecule has 0 bridgehead atoms. The van der Waals surface area contributed by atoms with Gasteiger partial charge < -0.3 is 5.32 Å². The first-order valence-corrected chi connectivity index (χ1v) is 9.34. The van der Waals surface area contributed by atoms with E-state index in [4.69, 9.17) is 0 Å². The highest BCUT2D eigenvalue weighted by atomic mass is 79.9. The number of rotatable bonds is 5. The quantitative estimate of drug-likeness (QED) is 0.833. The summed E-state index contributed by atoms with van der Waals surface area (Å²) in [6.45, 7) is 12.7. The van der Waals surface area contributed by atoms with Gasteiger partial charge in [-0.05, 0) is 46.8 Å². The van der Waals surface area contributed by atoms with Gasteiger partial charge in [-0.2, -0.15) is 0 Å². The topological polar surface area (TPSA) is 15.3 Å². The molecule has 0 amide bonds. The van der Waals surface area contributed by atoms with Crippen LogP contribution in [0.1, 0.15) is 45.4 Å². The molecule has 4 heteroatoms. The van der Waals surface area contributed by atoms with Crippen LogP contribution in [-0.2, 0) is 6.54 Å².